The van der Waals surface area contributed by atoms with Gasteiger partial charge in [-0.25, -0.2) is 0 Å². The molecule has 4 heterocycles. The van der Waals surface area contributed by atoms with Crippen LogP contribution in [0.3, 0.4) is 0 Å². The van der Waals surface area contributed by atoms with E-state index < -0.39 is 0 Å². The van der Waals surface area contributed by atoms with Crippen LogP contribution in [0.5, 0.6) is 0 Å². The van der Waals surface area contributed by atoms with Crippen molar-refractivity contribution < 1.29 is 24.5 Å². The molecule has 0 saturated carbocycles. The molecule has 6 aromatic rings. The van der Waals surface area contributed by atoms with Gasteiger partial charge in [0.15, 0.2) is 0 Å². The summed E-state index contributed by atoms with van der Waals surface area (Å²) in [6.07, 6.45) is 5.33. The third kappa shape index (κ3) is 4.49. The first kappa shape index (κ1) is 21.6. The van der Waals surface area contributed by atoms with Crippen LogP contribution in [-0.2, 0) is 20.1 Å². The summed E-state index contributed by atoms with van der Waals surface area (Å²) in [5.74, 6) is 0. The number of hydrogen-bond donors (Lipinski definition) is 0. The van der Waals surface area contributed by atoms with Crippen LogP contribution < -0.4 is 0 Å². The molecule has 0 N–H and O–H groups in total. The number of furan rings is 1. The van der Waals surface area contributed by atoms with Gasteiger partial charge < -0.3 is 14.4 Å². The van der Waals surface area contributed by atoms with E-state index in [4.69, 9.17) is 4.42 Å². The molecule has 2 aromatic carbocycles. The van der Waals surface area contributed by atoms with Gasteiger partial charge in [0.2, 0.25) is 0 Å². The van der Waals surface area contributed by atoms with Gasteiger partial charge in [0.25, 0.3) is 0 Å². The van der Waals surface area contributed by atoms with E-state index in [1.807, 2.05) is 84.9 Å². The van der Waals surface area contributed by atoms with Crippen molar-refractivity contribution in [3.05, 3.63) is 116 Å². The van der Waals surface area contributed by atoms with Crippen LogP contribution in [0.4, 0.5) is 0 Å². The van der Waals surface area contributed by atoms with Gasteiger partial charge in [-0.2, -0.15) is 0 Å². The van der Waals surface area contributed by atoms with Gasteiger partial charge in [0, 0.05) is 38.7 Å². The Labute approximate surface area is 199 Å². The Morgan fingerprint density at radius 2 is 1.38 bits per heavy atom. The molecule has 0 bridgehead atoms. The zero-order valence-electron chi connectivity index (χ0n) is 16.9. The number of aromatic nitrogens is 3. The topological polar surface area (TPSA) is 51.8 Å². The van der Waals surface area contributed by atoms with E-state index in [0.29, 0.717) is 0 Å². The number of nitrogens with zero attached hydrogens (tertiary/aromatic N) is 3. The smallest absolute Gasteiger partial charge is 0.139 e. The third-order valence-corrected chi connectivity index (χ3v) is 4.76. The van der Waals surface area contributed by atoms with Gasteiger partial charge in [-0.05, 0) is 41.0 Å². The number of fused-ring (bicyclic) bond motifs is 3. The number of benzene rings is 2. The van der Waals surface area contributed by atoms with Crippen LogP contribution in [0.25, 0.3) is 44.6 Å². The van der Waals surface area contributed by atoms with Crippen LogP contribution in [-0.4, -0.2) is 15.0 Å². The first-order valence-electron chi connectivity index (χ1n) is 9.87. The fraction of sp³-hybridized carbons (Fsp3) is 0. The molecule has 4 aromatic heterocycles. The van der Waals surface area contributed by atoms with Crippen molar-refractivity contribution in [1.29, 1.82) is 0 Å². The predicted molar refractivity (Wildman–Crippen MR) is 122 cm³/mol. The first-order chi connectivity index (χ1) is 15.4. The molecular weight excluding hydrogens is 575 g/mol. The fourth-order valence-corrected chi connectivity index (χ4v) is 3.34. The molecule has 6 rings (SSSR count). The van der Waals surface area contributed by atoms with Crippen LogP contribution in [0.1, 0.15) is 0 Å². The molecule has 0 amide bonds. The van der Waals surface area contributed by atoms with Gasteiger partial charge in [-0.1, -0.05) is 29.8 Å². The zero-order chi connectivity index (χ0) is 20.9. The molecule has 4 nitrogen and oxygen atoms in total. The second-order valence-electron chi connectivity index (χ2n) is 6.75. The average Bonchev–Trinajstić information content (AvgIpc) is 3.25. The summed E-state index contributed by atoms with van der Waals surface area (Å²) in [6, 6.07) is 33.5. The second kappa shape index (κ2) is 10.1. The fourth-order valence-electron chi connectivity index (χ4n) is 3.34. The van der Waals surface area contributed by atoms with Gasteiger partial charge in [0.05, 0.1) is 11.1 Å². The van der Waals surface area contributed by atoms with Gasteiger partial charge in [-0.15, -0.1) is 54.1 Å². The molecule has 157 valence electrons. The van der Waals surface area contributed by atoms with Gasteiger partial charge in [-0.3, -0.25) is 4.98 Å². The monoisotopic (exact) mass is 592 g/mol. The Hall–Kier alpha value is -3.66. The Morgan fingerprint density at radius 3 is 2.09 bits per heavy atom. The van der Waals surface area contributed by atoms with Crippen molar-refractivity contribution in [3.63, 3.8) is 0 Å². The SMILES string of the molecule is [Ir].[c-]1ccc2c(oc3cccnc32)c1-c1ccccn1.[c-]1ccccc1-c1ccccn1. The van der Waals surface area contributed by atoms with Crippen LogP contribution in [0.15, 0.2) is 108 Å². The van der Waals surface area contributed by atoms with E-state index in [-0.39, 0.29) is 20.1 Å². The Kier molecular flexibility index (Phi) is 6.81. The molecule has 0 aliphatic carbocycles. The second-order valence-corrected chi connectivity index (χ2v) is 6.75. The molecule has 5 heteroatoms. The largest absolute Gasteiger partial charge is 0.499 e. The maximum absolute atomic E-state index is 5.90. The predicted octanol–water partition coefficient (Wildman–Crippen LogP) is 6.39. The van der Waals surface area contributed by atoms with Crippen LogP contribution in [0, 0.1) is 12.1 Å². The minimum atomic E-state index is 0. The van der Waals surface area contributed by atoms with E-state index in [1.54, 1.807) is 18.6 Å². The summed E-state index contributed by atoms with van der Waals surface area (Å²) in [5.41, 5.74) is 6.19. The standard InChI is InChI=1S/C16H9N2O.C11H8N.Ir/c1-2-9-17-13(7-1)11-5-3-6-12-15-14(19-16(11)12)8-4-10-18-15;1-2-6-10(7-3-1)11-8-4-5-9-12-11;/h1-4,6-10H;1-6,8-9H;/q2*-1;. The van der Waals surface area contributed by atoms with Crippen molar-refractivity contribution in [2.45, 2.75) is 0 Å². The van der Waals surface area contributed by atoms with Crippen molar-refractivity contribution in [3.8, 4) is 22.5 Å². The Balaban J connectivity index is 0.000000164. The minimum absolute atomic E-state index is 0. The number of rotatable bonds is 2. The van der Waals surface area contributed by atoms with Crippen molar-refractivity contribution in [1.82, 2.24) is 15.0 Å². The Bertz CT molecular complexity index is 1380. The van der Waals surface area contributed by atoms with Crippen molar-refractivity contribution >= 4 is 22.1 Å². The molecule has 0 saturated heterocycles. The van der Waals surface area contributed by atoms with Gasteiger partial charge >= 0.3 is 0 Å². The maximum atomic E-state index is 5.90. The molecular formula is C27H17IrN3O-2. The minimum Gasteiger partial charge on any atom is -0.499 e. The first-order valence-corrected chi connectivity index (χ1v) is 9.87. The Morgan fingerprint density at radius 1 is 0.625 bits per heavy atom. The quantitative estimate of drug-likeness (QED) is 0.219. The van der Waals surface area contributed by atoms with Crippen molar-refractivity contribution in [2.24, 2.45) is 0 Å². The summed E-state index contributed by atoms with van der Waals surface area (Å²) >= 11 is 0. The average molecular weight is 592 g/mol. The maximum Gasteiger partial charge on any atom is 0.139 e. The van der Waals surface area contributed by atoms with E-state index in [9.17, 15) is 0 Å². The van der Waals surface area contributed by atoms with Crippen LogP contribution in [0.2, 0.25) is 0 Å². The summed E-state index contributed by atoms with van der Waals surface area (Å²) in [7, 11) is 0. The summed E-state index contributed by atoms with van der Waals surface area (Å²) < 4.78 is 5.90. The van der Waals surface area contributed by atoms with Crippen LogP contribution >= 0.6 is 0 Å². The van der Waals surface area contributed by atoms with E-state index in [0.717, 1.165) is 44.6 Å². The van der Waals surface area contributed by atoms with E-state index in [1.165, 1.54) is 0 Å². The summed E-state index contributed by atoms with van der Waals surface area (Å²) in [6.45, 7) is 0. The van der Waals surface area contributed by atoms with Gasteiger partial charge in [0.1, 0.15) is 5.58 Å². The normalized spacial score (nSPS) is 10.2. The van der Waals surface area contributed by atoms with Crippen molar-refractivity contribution in [2.75, 3.05) is 0 Å². The van der Waals surface area contributed by atoms with E-state index in [2.05, 4.69) is 27.1 Å². The molecule has 0 unspecified atom stereocenters. The number of pyridine rings is 3. The number of hydrogen-bond acceptors (Lipinski definition) is 4. The molecule has 0 spiro atoms. The van der Waals surface area contributed by atoms with E-state index >= 15 is 0 Å². The summed E-state index contributed by atoms with van der Waals surface area (Å²) in [4.78, 5) is 13.0. The summed E-state index contributed by atoms with van der Waals surface area (Å²) in [5, 5.41) is 0.995. The third-order valence-electron chi connectivity index (χ3n) is 4.76. The molecule has 0 atom stereocenters. The molecule has 1 radical (unpaired) electrons. The molecule has 0 fully saturated rings. The molecule has 0 aliphatic heterocycles. The molecule has 0 aliphatic rings. The molecule has 32 heavy (non-hydrogen) atoms. The zero-order valence-corrected chi connectivity index (χ0v) is 19.3.